The van der Waals surface area contributed by atoms with Gasteiger partial charge in [-0.15, -0.1) is 0 Å². The van der Waals surface area contributed by atoms with Crippen molar-refractivity contribution in [3.63, 3.8) is 0 Å². The van der Waals surface area contributed by atoms with E-state index in [0.717, 1.165) is 6.92 Å². The summed E-state index contributed by atoms with van der Waals surface area (Å²) in [6.45, 7) is 7.78. The van der Waals surface area contributed by atoms with Gasteiger partial charge >= 0.3 is 24.3 Å². The highest BCUT2D eigenvalue weighted by Crippen LogP contribution is 2.42. The predicted octanol–water partition coefficient (Wildman–Crippen LogP) is 3.72. The summed E-state index contributed by atoms with van der Waals surface area (Å²) < 4.78 is 84.6. The molecule has 0 aliphatic heterocycles. The van der Waals surface area contributed by atoms with Gasteiger partial charge < -0.3 is 9.47 Å². The second-order valence-corrected chi connectivity index (χ2v) is 5.06. The van der Waals surface area contributed by atoms with E-state index in [4.69, 9.17) is 0 Å². The largest absolute Gasteiger partial charge is 0.458 e. The van der Waals surface area contributed by atoms with Crippen molar-refractivity contribution in [2.75, 3.05) is 6.61 Å². The highest BCUT2D eigenvalue weighted by atomic mass is 19.4. The van der Waals surface area contributed by atoms with E-state index in [1.54, 1.807) is 0 Å². The molecule has 0 aliphatic rings. The number of ether oxygens (including phenoxy) is 2. The molecular weight excluding hydrogens is 346 g/mol. The quantitative estimate of drug-likeness (QED) is 0.393. The fraction of sp³-hybridized carbons (Fsp3) is 0.571. The van der Waals surface area contributed by atoms with Crippen LogP contribution in [0.2, 0.25) is 0 Å². The van der Waals surface area contributed by atoms with Crippen LogP contribution in [-0.4, -0.2) is 37.0 Å². The van der Waals surface area contributed by atoms with Crippen molar-refractivity contribution in [3.8, 4) is 0 Å². The van der Waals surface area contributed by atoms with Gasteiger partial charge in [0.25, 0.3) is 0 Å². The van der Waals surface area contributed by atoms with Gasteiger partial charge in [-0.1, -0.05) is 13.2 Å². The van der Waals surface area contributed by atoms with Gasteiger partial charge in [-0.2, -0.15) is 26.3 Å². The topological polar surface area (TPSA) is 52.6 Å². The summed E-state index contributed by atoms with van der Waals surface area (Å²) in [5, 5.41) is 0. The third kappa shape index (κ3) is 7.51. The minimum Gasteiger partial charge on any atom is -0.458 e. The third-order valence-corrected chi connectivity index (χ3v) is 2.66. The molecule has 138 valence electrons. The first-order valence-corrected chi connectivity index (χ1v) is 6.48. The molecule has 0 aromatic carbocycles. The first-order valence-electron chi connectivity index (χ1n) is 6.48. The maximum atomic E-state index is 12.6. The van der Waals surface area contributed by atoms with Crippen LogP contribution in [0, 0.1) is 5.92 Å². The molecule has 0 heterocycles. The first kappa shape index (κ1) is 22.0. The second kappa shape index (κ2) is 8.20. The molecule has 0 aromatic rings. The molecule has 0 aliphatic carbocycles. The Morgan fingerprint density at radius 3 is 1.67 bits per heavy atom. The fourth-order valence-corrected chi connectivity index (χ4v) is 1.41. The number of hydrogen-bond donors (Lipinski definition) is 0. The number of carbonyl (C=O) groups excluding carboxylic acids is 2. The summed E-state index contributed by atoms with van der Waals surface area (Å²) >= 11 is 0. The van der Waals surface area contributed by atoms with Crippen molar-refractivity contribution in [2.24, 2.45) is 5.92 Å². The number of rotatable bonds is 7. The molecule has 0 fully saturated rings. The lowest BCUT2D eigenvalue weighted by Gasteiger charge is -2.27. The molecule has 0 N–H and O–H groups in total. The summed E-state index contributed by atoms with van der Waals surface area (Å²) in [4.78, 5) is 22.6. The Morgan fingerprint density at radius 1 is 0.917 bits per heavy atom. The average Bonchev–Trinajstić information content (AvgIpc) is 2.37. The van der Waals surface area contributed by atoms with E-state index in [0.29, 0.717) is 0 Å². The first-order chi connectivity index (χ1) is 10.7. The number of halogens is 6. The van der Waals surface area contributed by atoms with Gasteiger partial charge in [0.05, 0.1) is 0 Å². The van der Waals surface area contributed by atoms with E-state index in [2.05, 4.69) is 22.6 Å². The number of esters is 2. The van der Waals surface area contributed by atoms with E-state index >= 15 is 0 Å². The third-order valence-electron chi connectivity index (χ3n) is 2.66. The molecule has 0 amide bonds. The van der Waals surface area contributed by atoms with Crippen LogP contribution in [0.4, 0.5) is 26.3 Å². The van der Waals surface area contributed by atoms with Crippen molar-refractivity contribution >= 4 is 11.9 Å². The van der Waals surface area contributed by atoms with E-state index < -0.39 is 49.3 Å². The van der Waals surface area contributed by atoms with E-state index in [9.17, 15) is 35.9 Å². The normalized spacial score (nSPS) is 13.4. The zero-order valence-corrected chi connectivity index (χ0v) is 12.9. The molecule has 1 unspecified atom stereocenters. The van der Waals surface area contributed by atoms with Crippen molar-refractivity contribution in [2.45, 2.75) is 38.7 Å². The summed E-state index contributed by atoms with van der Waals surface area (Å²) in [5.74, 6) is -5.98. The predicted molar refractivity (Wildman–Crippen MR) is 70.7 cm³/mol. The van der Waals surface area contributed by atoms with E-state index in [1.165, 1.54) is 6.92 Å². The number of hydrogen-bond acceptors (Lipinski definition) is 4. The molecule has 10 heteroatoms. The molecule has 0 aromatic heterocycles. The molecule has 0 saturated heterocycles. The summed E-state index contributed by atoms with van der Waals surface area (Å²) in [7, 11) is 0. The lowest BCUT2D eigenvalue weighted by Crippen LogP contribution is -2.41. The molecule has 0 spiro atoms. The average molecular weight is 362 g/mol. The molecule has 0 bridgehead atoms. The SMILES string of the molecule is C=C(C)C(=O)OCC(CC(C(F)(F)F)C(F)(F)F)OC(=O)C(=C)C. The van der Waals surface area contributed by atoms with Crippen LogP contribution in [0.3, 0.4) is 0 Å². The zero-order chi connectivity index (χ0) is 19.3. The summed E-state index contributed by atoms with van der Waals surface area (Å²) in [6, 6.07) is 0. The molecule has 1 atom stereocenters. The Balaban J connectivity index is 5.28. The van der Waals surface area contributed by atoms with Crippen LogP contribution in [0.15, 0.2) is 24.3 Å². The monoisotopic (exact) mass is 362 g/mol. The van der Waals surface area contributed by atoms with Crippen molar-refractivity contribution in [1.82, 2.24) is 0 Å². The van der Waals surface area contributed by atoms with Crippen molar-refractivity contribution in [1.29, 1.82) is 0 Å². The van der Waals surface area contributed by atoms with Gasteiger partial charge in [0.1, 0.15) is 12.7 Å². The molecular formula is C14H16F6O4. The van der Waals surface area contributed by atoms with Crippen LogP contribution < -0.4 is 0 Å². The maximum absolute atomic E-state index is 12.6. The van der Waals surface area contributed by atoms with Gasteiger partial charge in [0.15, 0.2) is 5.92 Å². The lowest BCUT2D eigenvalue weighted by atomic mass is 10.0. The molecule has 0 saturated carbocycles. The highest BCUT2D eigenvalue weighted by molar-refractivity contribution is 5.87. The molecule has 24 heavy (non-hydrogen) atoms. The standard InChI is InChI=1S/C14H16F6O4/c1-7(2)11(21)23-6-9(24-12(22)8(3)4)5-10(13(15,16)17)14(18,19)20/h9-10H,1,3,5-6H2,2,4H3. The van der Waals surface area contributed by atoms with Gasteiger partial charge in [-0.3, -0.25) is 0 Å². The molecule has 0 radical (unpaired) electrons. The Labute approximate surface area is 134 Å². The number of alkyl halides is 6. The Bertz CT molecular complexity index is 492. The lowest BCUT2D eigenvalue weighted by molar-refractivity contribution is -0.291. The summed E-state index contributed by atoms with van der Waals surface area (Å²) in [5.41, 5.74) is -0.357. The van der Waals surface area contributed by atoms with Crippen LogP contribution in [0.5, 0.6) is 0 Å². The van der Waals surface area contributed by atoms with Crippen molar-refractivity contribution < 1.29 is 45.4 Å². The fourth-order valence-electron chi connectivity index (χ4n) is 1.41. The maximum Gasteiger partial charge on any atom is 0.400 e. The van der Waals surface area contributed by atoms with E-state index in [1.807, 2.05) is 0 Å². The Hall–Kier alpha value is -2.00. The van der Waals surface area contributed by atoms with Gasteiger partial charge in [-0.05, 0) is 13.8 Å². The molecule has 0 rings (SSSR count). The van der Waals surface area contributed by atoms with Gasteiger partial charge in [-0.25, -0.2) is 9.59 Å². The van der Waals surface area contributed by atoms with E-state index in [-0.39, 0.29) is 11.1 Å². The Morgan fingerprint density at radius 2 is 1.33 bits per heavy atom. The smallest absolute Gasteiger partial charge is 0.400 e. The van der Waals surface area contributed by atoms with Crippen LogP contribution in [-0.2, 0) is 19.1 Å². The van der Waals surface area contributed by atoms with Crippen LogP contribution in [0.25, 0.3) is 0 Å². The van der Waals surface area contributed by atoms with Gasteiger partial charge in [0.2, 0.25) is 0 Å². The number of carbonyl (C=O) groups is 2. The zero-order valence-electron chi connectivity index (χ0n) is 12.9. The Kier molecular flexibility index (Phi) is 7.52. The molecule has 4 nitrogen and oxygen atoms in total. The van der Waals surface area contributed by atoms with Gasteiger partial charge in [0, 0.05) is 17.6 Å². The van der Waals surface area contributed by atoms with Crippen LogP contribution >= 0.6 is 0 Å². The highest BCUT2D eigenvalue weighted by Gasteiger charge is 2.57. The summed E-state index contributed by atoms with van der Waals surface area (Å²) in [6.07, 6.45) is -14.8. The minimum absolute atomic E-state index is 0.122. The second-order valence-electron chi connectivity index (χ2n) is 5.06. The minimum atomic E-state index is -5.61. The van der Waals surface area contributed by atoms with Crippen LogP contribution in [0.1, 0.15) is 20.3 Å². The van der Waals surface area contributed by atoms with Crippen molar-refractivity contribution in [3.05, 3.63) is 24.3 Å².